The molecule has 2 heteroatoms. The first-order chi connectivity index (χ1) is 3.70. The molecule has 1 aliphatic heterocycles. The zero-order valence-electron chi connectivity index (χ0n) is 4.81. The van der Waals surface area contributed by atoms with Gasteiger partial charge in [-0.25, -0.2) is 0 Å². The van der Waals surface area contributed by atoms with Gasteiger partial charge in [0.25, 0.3) is 0 Å². The van der Waals surface area contributed by atoms with Crippen molar-refractivity contribution in [3.05, 3.63) is 12.2 Å². The average molecular weight is 148 g/mol. The van der Waals surface area contributed by atoms with Crippen LogP contribution in [0.15, 0.2) is 12.2 Å². The monoisotopic (exact) mass is 148 g/mol. The summed E-state index contributed by atoms with van der Waals surface area (Å²) >= 11 is 2.81. The second-order valence-corrected chi connectivity index (χ2v) is 2.60. The molecule has 0 saturated carbocycles. The molecule has 1 aliphatic rings. The molecule has 1 heterocycles. The Labute approximate surface area is 57.3 Å². The fourth-order valence-corrected chi connectivity index (χ4v) is 1.12. The van der Waals surface area contributed by atoms with Crippen molar-refractivity contribution in [2.45, 2.75) is 19.4 Å². The van der Waals surface area contributed by atoms with Gasteiger partial charge in [-0.1, -0.05) is 0 Å². The minimum absolute atomic E-state index is 0.332. The van der Waals surface area contributed by atoms with Crippen LogP contribution in [0.1, 0.15) is 13.3 Å². The van der Waals surface area contributed by atoms with Gasteiger partial charge in [0.05, 0.1) is 0 Å². The molecular weight excluding hydrogens is 140 g/mol. The van der Waals surface area contributed by atoms with Crippen LogP contribution in [0.4, 0.5) is 0 Å². The van der Waals surface area contributed by atoms with E-state index in [2.05, 4.69) is 22.4 Å². The molecule has 0 bridgehead atoms. The Morgan fingerprint density at radius 2 is 2.50 bits per heavy atom. The molecule has 0 aromatic rings. The van der Waals surface area contributed by atoms with Crippen molar-refractivity contribution in [1.29, 1.82) is 0 Å². The molecule has 1 saturated heterocycles. The van der Waals surface area contributed by atoms with Gasteiger partial charge in [0.1, 0.15) is 0 Å². The standard InChI is InChI=1S/C6H8O.Cr/c1-5-3-6(2)7-4-5;/h6H,1,3H2,2H3;/t6-;/m0./s1. The third-order valence-electron chi connectivity index (χ3n) is 1.13. The molecule has 0 amide bonds. The van der Waals surface area contributed by atoms with Crippen molar-refractivity contribution in [3.63, 3.8) is 0 Å². The topological polar surface area (TPSA) is 9.23 Å². The zero-order valence-corrected chi connectivity index (χ0v) is 6.08. The summed E-state index contributed by atoms with van der Waals surface area (Å²) in [5.74, 6) is 0. The minimum atomic E-state index is 0.332. The van der Waals surface area contributed by atoms with Gasteiger partial charge in [0, 0.05) is 0 Å². The van der Waals surface area contributed by atoms with E-state index in [1.54, 1.807) is 0 Å². The van der Waals surface area contributed by atoms with E-state index >= 15 is 0 Å². The fraction of sp³-hybridized carbons (Fsp3) is 0.500. The molecule has 0 aliphatic carbocycles. The van der Waals surface area contributed by atoms with Crippen LogP contribution in [0.2, 0.25) is 0 Å². The van der Waals surface area contributed by atoms with Crippen molar-refractivity contribution in [1.82, 2.24) is 0 Å². The summed E-state index contributed by atoms with van der Waals surface area (Å²) in [5, 5.41) is 0. The summed E-state index contributed by atoms with van der Waals surface area (Å²) in [5.41, 5.74) is 1.09. The van der Waals surface area contributed by atoms with Gasteiger partial charge >= 0.3 is 56.8 Å². The summed E-state index contributed by atoms with van der Waals surface area (Å²) in [6.07, 6.45) is 1.31. The zero-order chi connectivity index (χ0) is 6.15. The van der Waals surface area contributed by atoms with Gasteiger partial charge in [-0.15, -0.1) is 0 Å². The van der Waals surface area contributed by atoms with E-state index in [0.29, 0.717) is 6.10 Å². The van der Waals surface area contributed by atoms with Gasteiger partial charge < -0.3 is 0 Å². The molecule has 0 radical (unpaired) electrons. The first kappa shape index (κ1) is 6.23. The van der Waals surface area contributed by atoms with Crippen molar-refractivity contribution < 1.29 is 20.6 Å². The van der Waals surface area contributed by atoms with E-state index < -0.39 is 0 Å². The predicted octanol–water partition coefficient (Wildman–Crippen LogP) is 1.03. The first-order valence-electron chi connectivity index (χ1n) is 2.59. The van der Waals surface area contributed by atoms with Crippen LogP contribution >= 0.6 is 0 Å². The van der Waals surface area contributed by atoms with Crippen molar-refractivity contribution in [3.8, 4) is 0 Å². The van der Waals surface area contributed by atoms with Crippen LogP contribution in [-0.2, 0) is 20.6 Å². The van der Waals surface area contributed by atoms with E-state index in [-0.39, 0.29) is 0 Å². The van der Waals surface area contributed by atoms with Crippen LogP contribution in [0, 0.1) is 0 Å². The number of rotatable bonds is 0. The summed E-state index contributed by atoms with van der Waals surface area (Å²) in [4.78, 5) is 0. The molecule has 0 aromatic carbocycles. The Morgan fingerprint density at radius 1 is 1.88 bits per heavy atom. The summed E-state index contributed by atoms with van der Waals surface area (Å²) < 4.78 is 6.12. The third-order valence-corrected chi connectivity index (χ3v) is 1.73. The first-order valence-corrected chi connectivity index (χ1v) is 3.22. The quantitative estimate of drug-likeness (QED) is 0.498. The Hall–Kier alpha value is 0.102. The van der Waals surface area contributed by atoms with E-state index in [0.717, 1.165) is 16.6 Å². The van der Waals surface area contributed by atoms with Crippen LogP contribution in [0.5, 0.6) is 0 Å². The van der Waals surface area contributed by atoms with E-state index in [4.69, 9.17) is 4.74 Å². The third kappa shape index (κ3) is 1.08. The summed E-state index contributed by atoms with van der Waals surface area (Å²) in [6, 6.07) is 0. The fourth-order valence-electron chi connectivity index (χ4n) is 0.738. The molecule has 8 heavy (non-hydrogen) atoms. The number of ether oxygens (including phenoxy) is 1. The second-order valence-electron chi connectivity index (χ2n) is 2.02. The summed E-state index contributed by atoms with van der Waals surface area (Å²) in [7, 11) is 0. The van der Waals surface area contributed by atoms with Crippen LogP contribution in [-0.4, -0.2) is 10.7 Å². The molecule has 0 unspecified atom stereocenters. The molecule has 0 aromatic heterocycles. The Balaban J connectivity index is 2.64. The molecule has 0 N–H and O–H groups in total. The molecule has 1 nitrogen and oxygen atoms in total. The van der Waals surface area contributed by atoms with Gasteiger partial charge in [-0.05, 0) is 0 Å². The molecule has 44 valence electrons. The predicted molar refractivity (Wildman–Crippen MR) is 29.3 cm³/mol. The van der Waals surface area contributed by atoms with E-state index in [1.165, 1.54) is 0 Å². The Kier molecular flexibility index (Phi) is 1.67. The average Bonchev–Trinajstić information content (AvgIpc) is 1.85. The maximum atomic E-state index is 5.23. The van der Waals surface area contributed by atoms with Crippen LogP contribution in [0.3, 0.4) is 0 Å². The van der Waals surface area contributed by atoms with Crippen LogP contribution < -0.4 is 0 Å². The SMILES string of the molecule is C=C1C[C@H](C)O[C]1=[Cr]. The van der Waals surface area contributed by atoms with Gasteiger partial charge in [0.15, 0.2) is 0 Å². The molecule has 1 rings (SSSR count). The van der Waals surface area contributed by atoms with Crippen molar-refractivity contribution >= 4 is 4.57 Å². The molecule has 1 atom stereocenters. The van der Waals surface area contributed by atoms with Crippen molar-refractivity contribution in [2.75, 3.05) is 0 Å². The van der Waals surface area contributed by atoms with Crippen molar-refractivity contribution in [2.24, 2.45) is 0 Å². The Morgan fingerprint density at radius 3 is 2.62 bits per heavy atom. The molecule has 1 fully saturated rings. The maximum absolute atomic E-state index is 5.23. The van der Waals surface area contributed by atoms with Crippen LogP contribution in [0.25, 0.3) is 0 Å². The molecule has 0 spiro atoms. The number of hydrogen-bond donors (Lipinski definition) is 0. The van der Waals surface area contributed by atoms with Gasteiger partial charge in [-0.2, -0.15) is 0 Å². The molecular formula is C6H8CrO. The number of hydrogen-bond acceptors (Lipinski definition) is 1. The van der Waals surface area contributed by atoms with Gasteiger partial charge in [0.2, 0.25) is 0 Å². The summed E-state index contributed by atoms with van der Waals surface area (Å²) in [6.45, 7) is 5.83. The van der Waals surface area contributed by atoms with E-state index in [9.17, 15) is 0 Å². The second kappa shape index (κ2) is 2.15. The van der Waals surface area contributed by atoms with Gasteiger partial charge in [-0.3, -0.25) is 0 Å². The Bertz CT molecular complexity index is 123. The normalized spacial score (nSPS) is 29.4. The van der Waals surface area contributed by atoms with E-state index in [1.807, 2.05) is 6.92 Å².